The van der Waals surface area contributed by atoms with Gasteiger partial charge in [-0.25, -0.2) is 0 Å². The minimum Gasteiger partial charge on any atom is -0.489 e. The zero-order valence-corrected chi connectivity index (χ0v) is 17.8. The number of amides is 1. The average Bonchev–Trinajstić information content (AvgIpc) is 3.28. The van der Waals surface area contributed by atoms with Crippen LogP contribution >= 0.6 is 11.8 Å². The van der Waals surface area contributed by atoms with E-state index in [0.717, 1.165) is 17.0 Å². The van der Waals surface area contributed by atoms with Gasteiger partial charge in [0.2, 0.25) is 5.91 Å². The molecule has 1 aromatic heterocycles. The maximum atomic E-state index is 12.7. The fraction of sp³-hybridized carbons (Fsp3) is 0.125. The fourth-order valence-corrected chi connectivity index (χ4v) is 3.74. The molecule has 7 heteroatoms. The molecular weight excluding hydrogens is 408 g/mol. The summed E-state index contributed by atoms with van der Waals surface area (Å²) >= 11 is 1.36. The second kappa shape index (κ2) is 9.95. The van der Waals surface area contributed by atoms with Gasteiger partial charge < -0.3 is 10.1 Å². The van der Waals surface area contributed by atoms with E-state index in [2.05, 4.69) is 15.5 Å². The Bertz CT molecular complexity index is 1120. The third-order valence-electron chi connectivity index (χ3n) is 4.57. The van der Waals surface area contributed by atoms with Crippen molar-refractivity contribution >= 4 is 23.4 Å². The monoisotopic (exact) mass is 430 g/mol. The fourth-order valence-electron chi connectivity index (χ4n) is 2.90. The molecule has 0 spiro atoms. The number of para-hydroxylation sites is 1. The van der Waals surface area contributed by atoms with Gasteiger partial charge in [-0.1, -0.05) is 60.3 Å². The third-order valence-corrected chi connectivity index (χ3v) is 5.63. The summed E-state index contributed by atoms with van der Waals surface area (Å²) in [6, 6.07) is 27.2. The number of benzene rings is 3. The first kappa shape index (κ1) is 20.7. The first-order valence-electron chi connectivity index (χ1n) is 9.89. The van der Waals surface area contributed by atoms with E-state index >= 15 is 0 Å². The highest BCUT2D eigenvalue weighted by Gasteiger charge is 2.18. The number of rotatable bonds is 8. The lowest BCUT2D eigenvalue weighted by molar-refractivity contribution is -0.115. The van der Waals surface area contributed by atoms with Gasteiger partial charge in [-0.2, -0.15) is 0 Å². The predicted molar refractivity (Wildman–Crippen MR) is 123 cm³/mol. The van der Waals surface area contributed by atoms with Crippen molar-refractivity contribution < 1.29 is 9.53 Å². The Morgan fingerprint density at radius 2 is 1.68 bits per heavy atom. The van der Waals surface area contributed by atoms with Crippen LogP contribution in [-0.4, -0.2) is 25.9 Å². The summed E-state index contributed by atoms with van der Waals surface area (Å²) in [5.41, 5.74) is 2.77. The number of hydrogen-bond acceptors (Lipinski definition) is 5. The molecule has 0 fully saturated rings. The molecule has 1 N–H and O–H groups in total. The maximum absolute atomic E-state index is 12.7. The Kier molecular flexibility index (Phi) is 6.64. The summed E-state index contributed by atoms with van der Waals surface area (Å²) in [6.45, 7) is 2.35. The van der Waals surface area contributed by atoms with E-state index in [-0.39, 0.29) is 11.2 Å². The van der Waals surface area contributed by atoms with E-state index in [9.17, 15) is 4.79 Å². The minimum atomic E-state index is -0.347. The number of carbonyl (C=O) groups is 1. The zero-order valence-electron chi connectivity index (χ0n) is 17.0. The Balaban J connectivity index is 1.33. The van der Waals surface area contributed by atoms with Crippen molar-refractivity contribution in [2.24, 2.45) is 0 Å². The first-order valence-corrected chi connectivity index (χ1v) is 10.8. The van der Waals surface area contributed by atoms with E-state index in [4.69, 9.17) is 4.74 Å². The highest BCUT2D eigenvalue weighted by atomic mass is 32.2. The number of nitrogens with zero attached hydrogens (tertiary/aromatic N) is 3. The van der Waals surface area contributed by atoms with E-state index < -0.39 is 0 Å². The molecule has 31 heavy (non-hydrogen) atoms. The van der Waals surface area contributed by atoms with Gasteiger partial charge >= 0.3 is 0 Å². The summed E-state index contributed by atoms with van der Waals surface area (Å²) in [5.74, 6) is 0.644. The molecule has 1 unspecified atom stereocenters. The van der Waals surface area contributed by atoms with Crippen LogP contribution in [0.3, 0.4) is 0 Å². The van der Waals surface area contributed by atoms with Crippen LogP contribution < -0.4 is 10.1 Å². The van der Waals surface area contributed by atoms with Gasteiger partial charge in [0, 0.05) is 11.4 Å². The molecule has 1 heterocycles. The van der Waals surface area contributed by atoms with Crippen molar-refractivity contribution in [3.05, 3.63) is 96.8 Å². The zero-order chi connectivity index (χ0) is 21.5. The molecule has 6 nitrogen and oxygen atoms in total. The number of nitrogens with one attached hydrogen (secondary N) is 1. The van der Waals surface area contributed by atoms with E-state index in [0.29, 0.717) is 17.5 Å². The van der Waals surface area contributed by atoms with Crippen molar-refractivity contribution in [1.29, 1.82) is 0 Å². The number of aromatic nitrogens is 3. The Morgan fingerprint density at radius 3 is 2.39 bits per heavy atom. The SMILES string of the molecule is CC(Sc1nncn1-c1ccccc1)C(=O)Nc1ccc(OCc2ccccc2)cc1. The van der Waals surface area contributed by atoms with Crippen LogP contribution in [0.25, 0.3) is 5.69 Å². The standard InChI is InChI=1S/C24H22N4O2S/c1-18(31-24-27-25-17-28(24)21-10-6-3-7-11-21)23(29)26-20-12-14-22(15-13-20)30-16-19-8-4-2-5-9-19/h2-15,17-18H,16H2,1H3,(H,26,29). The lowest BCUT2D eigenvalue weighted by Crippen LogP contribution is -2.22. The average molecular weight is 431 g/mol. The van der Waals surface area contributed by atoms with Crippen molar-refractivity contribution in [3.8, 4) is 11.4 Å². The minimum absolute atomic E-state index is 0.106. The molecule has 1 amide bonds. The molecule has 4 rings (SSSR count). The maximum Gasteiger partial charge on any atom is 0.237 e. The molecule has 3 aromatic carbocycles. The quantitative estimate of drug-likeness (QED) is 0.400. The van der Waals surface area contributed by atoms with Gasteiger partial charge in [-0.05, 0) is 48.9 Å². The molecule has 4 aromatic rings. The van der Waals surface area contributed by atoms with Crippen LogP contribution in [0.5, 0.6) is 5.75 Å². The Morgan fingerprint density at radius 1 is 1.00 bits per heavy atom. The molecule has 0 saturated heterocycles. The molecule has 1 atom stereocenters. The number of ether oxygens (including phenoxy) is 1. The number of carbonyl (C=O) groups excluding carboxylic acids is 1. The second-order valence-corrected chi connectivity index (χ2v) is 8.18. The lowest BCUT2D eigenvalue weighted by atomic mass is 10.2. The highest BCUT2D eigenvalue weighted by Crippen LogP contribution is 2.25. The summed E-state index contributed by atoms with van der Waals surface area (Å²) < 4.78 is 7.66. The van der Waals surface area contributed by atoms with Crippen molar-refractivity contribution in [3.63, 3.8) is 0 Å². The molecule has 0 radical (unpaired) electrons. The van der Waals surface area contributed by atoms with Crippen molar-refractivity contribution in [2.75, 3.05) is 5.32 Å². The summed E-state index contributed by atoms with van der Waals surface area (Å²) in [7, 11) is 0. The van der Waals surface area contributed by atoms with E-state index in [1.165, 1.54) is 11.8 Å². The van der Waals surface area contributed by atoms with E-state index in [1.807, 2.05) is 96.4 Å². The third kappa shape index (κ3) is 5.52. The van der Waals surface area contributed by atoms with Crippen LogP contribution in [0.4, 0.5) is 5.69 Å². The van der Waals surface area contributed by atoms with Gasteiger partial charge in [0.25, 0.3) is 0 Å². The van der Waals surface area contributed by atoms with Gasteiger partial charge in [-0.3, -0.25) is 9.36 Å². The first-order chi connectivity index (χ1) is 15.2. The Hall–Kier alpha value is -3.58. The van der Waals surface area contributed by atoms with Crippen LogP contribution in [0.1, 0.15) is 12.5 Å². The predicted octanol–water partition coefficient (Wildman–Crippen LogP) is 4.97. The molecule has 0 saturated carbocycles. The van der Waals surface area contributed by atoms with Gasteiger partial charge in [0.1, 0.15) is 18.7 Å². The van der Waals surface area contributed by atoms with Crippen molar-refractivity contribution in [1.82, 2.24) is 14.8 Å². The van der Waals surface area contributed by atoms with E-state index in [1.54, 1.807) is 6.33 Å². The molecule has 0 bridgehead atoms. The summed E-state index contributed by atoms with van der Waals surface area (Å²) in [5, 5.41) is 11.4. The number of thioether (sulfide) groups is 1. The van der Waals surface area contributed by atoms with Gasteiger partial charge in [-0.15, -0.1) is 10.2 Å². The molecule has 0 aliphatic carbocycles. The van der Waals surface area contributed by atoms with Gasteiger partial charge in [0.05, 0.1) is 5.25 Å². The largest absolute Gasteiger partial charge is 0.489 e. The van der Waals surface area contributed by atoms with Crippen LogP contribution in [0.15, 0.2) is 96.4 Å². The van der Waals surface area contributed by atoms with Crippen LogP contribution in [0.2, 0.25) is 0 Å². The lowest BCUT2D eigenvalue weighted by Gasteiger charge is -2.13. The molecular formula is C24H22N4O2S. The molecule has 0 aliphatic rings. The smallest absolute Gasteiger partial charge is 0.237 e. The second-order valence-electron chi connectivity index (χ2n) is 6.87. The summed E-state index contributed by atoms with van der Waals surface area (Å²) in [4.78, 5) is 12.7. The normalized spacial score (nSPS) is 11.6. The topological polar surface area (TPSA) is 69.0 Å². The Labute approximate surface area is 185 Å². The van der Waals surface area contributed by atoms with Crippen LogP contribution in [0, 0.1) is 0 Å². The number of hydrogen-bond donors (Lipinski definition) is 1. The molecule has 0 aliphatic heterocycles. The van der Waals surface area contributed by atoms with Crippen LogP contribution in [-0.2, 0) is 11.4 Å². The van der Waals surface area contributed by atoms with Crippen molar-refractivity contribution in [2.45, 2.75) is 23.9 Å². The van der Waals surface area contributed by atoms with Gasteiger partial charge in [0.15, 0.2) is 5.16 Å². The number of anilines is 1. The highest BCUT2D eigenvalue weighted by molar-refractivity contribution is 8.00. The molecule has 156 valence electrons. The summed E-state index contributed by atoms with van der Waals surface area (Å²) in [6.07, 6.45) is 1.65.